The zero-order chi connectivity index (χ0) is 22.7. The summed E-state index contributed by atoms with van der Waals surface area (Å²) in [5, 5.41) is 3.28. The number of carbonyl (C=O) groups is 1. The molecule has 0 saturated carbocycles. The number of hydrogen-bond donors (Lipinski definition) is 1. The van der Waals surface area contributed by atoms with Crippen molar-refractivity contribution in [3.05, 3.63) is 47.8 Å². The summed E-state index contributed by atoms with van der Waals surface area (Å²) in [7, 11) is 1.68. The number of methoxy groups -OCH3 is 1. The van der Waals surface area contributed by atoms with E-state index in [1.54, 1.807) is 13.3 Å². The number of carbonyl (C=O) groups excluding carboxylic acids is 1. The first kappa shape index (κ1) is 22.4. The van der Waals surface area contributed by atoms with Gasteiger partial charge in [0.05, 0.1) is 18.8 Å². The Morgan fingerprint density at radius 3 is 2.56 bits per heavy atom. The number of fused-ring (bicyclic) bond motifs is 1. The molecule has 2 aliphatic heterocycles. The quantitative estimate of drug-likeness (QED) is 0.735. The van der Waals surface area contributed by atoms with Crippen LogP contribution in [0.3, 0.4) is 0 Å². The van der Waals surface area contributed by atoms with E-state index in [4.69, 9.17) is 14.2 Å². The number of aromatic nitrogens is 1. The third-order valence-electron chi connectivity index (χ3n) is 6.25. The summed E-state index contributed by atoms with van der Waals surface area (Å²) in [5.41, 5.74) is 1.59. The van der Waals surface area contributed by atoms with Gasteiger partial charge in [-0.15, -0.1) is 0 Å². The lowest BCUT2D eigenvalue weighted by Crippen LogP contribution is -2.44. The van der Waals surface area contributed by atoms with Gasteiger partial charge < -0.3 is 19.5 Å². The number of rotatable bonds is 6. The number of hydrogen-bond acceptors (Lipinski definition) is 6. The summed E-state index contributed by atoms with van der Waals surface area (Å²) >= 11 is 0. The number of piperidine rings is 1. The Kier molecular flexibility index (Phi) is 6.55. The van der Waals surface area contributed by atoms with Gasteiger partial charge >= 0.3 is 0 Å². The Labute approximate surface area is 190 Å². The second-order valence-corrected chi connectivity index (χ2v) is 9.59. The minimum absolute atomic E-state index is 0.0562. The van der Waals surface area contributed by atoms with Gasteiger partial charge in [-0.05, 0) is 50.0 Å². The van der Waals surface area contributed by atoms with E-state index < -0.39 is 5.41 Å². The molecule has 0 aliphatic carbocycles. The molecule has 32 heavy (non-hydrogen) atoms. The van der Waals surface area contributed by atoms with E-state index in [1.165, 1.54) is 0 Å². The molecule has 1 atom stereocenters. The lowest BCUT2D eigenvalue weighted by atomic mass is 9.85. The number of pyridine rings is 1. The van der Waals surface area contributed by atoms with Crippen molar-refractivity contribution in [1.29, 1.82) is 0 Å². The van der Waals surface area contributed by atoms with Crippen molar-refractivity contribution in [2.75, 3.05) is 27.0 Å². The normalized spacial score (nSPS) is 17.8. The number of likely N-dealkylation sites (tertiary alicyclic amines) is 1. The summed E-state index contributed by atoms with van der Waals surface area (Å²) in [6.45, 7) is 8.75. The van der Waals surface area contributed by atoms with Crippen molar-refractivity contribution < 1.29 is 19.0 Å². The van der Waals surface area contributed by atoms with Gasteiger partial charge in [0.15, 0.2) is 11.5 Å². The number of ether oxygens (including phenoxy) is 3. The molecule has 0 spiro atoms. The summed E-state index contributed by atoms with van der Waals surface area (Å²) in [6, 6.07) is 9.76. The second-order valence-electron chi connectivity index (χ2n) is 9.59. The fourth-order valence-corrected chi connectivity index (χ4v) is 4.32. The third-order valence-corrected chi connectivity index (χ3v) is 6.25. The van der Waals surface area contributed by atoms with Gasteiger partial charge in [0.2, 0.25) is 12.7 Å². The maximum absolute atomic E-state index is 12.8. The van der Waals surface area contributed by atoms with E-state index in [0.717, 1.165) is 61.0 Å². The van der Waals surface area contributed by atoms with Crippen LogP contribution in [0.2, 0.25) is 0 Å². The zero-order valence-corrected chi connectivity index (χ0v) is 19.4. The van der Waals surface area contributed by atoms with Crippen molar-refractivity contribution in [2.45, 2.75) is 46.2 Å². The van der Waals surface area contributed by atoms with E-state index in [-0.39, 0.29) is 18.7 Å². The second kappa shape index (κ2) is 9.36. The Balaban J connectivity index is 1.44. The van der Waals surface area contributed by atoms with Gasteiger partial charge in [0, 0.05) is 29.8 Å². The molecule has 2 aromatic rings. The maximum Gasteiger partial charge on any atom is 0.231 e. The maximum atomic E-state index is 12.8. The molecular weight excluding hydrogens is 406 g/mol. The molecule has 7 heteroatoms. The van der Waals surface area contributed by atoms with Crippen molar-refractivity contribution >= 4 is 5.91 Å². The highest BCUT2D eigenvalue weighted by Gasteiger charge is 2.33. The summed E-state index contributed by atoms with van der Waals surface area (Å²) in [6.07, 6.45) is 3.77. The monoisotopic (exact) mass is 439 g/mol. The number of nitrogens with zero attached hydrogens (tertiary/aromatic N) is 2. The number of nitrogens with one attached hydrogen (secondary N) is 1. The van der Waals surface area contributed by atoms with Gasteiger partial charge in [-0.2, -0.15) is 0 Å². The Bertz CT molecular complexity index is 934. The van der Waals surface area contributed by atoms with Crippen molar-refractivity contribution in [1.82, 2.24) is 15.2 Å². The molecule has 1 aromatic carbocycles. The van der Waals surface area contributed by atoms with Crippen LogP contribution in [0.1, 0.15) is 50.9 Å². The lowest BCUT2D eigenvalue weighted by Gasteiger charge is -2.37. The van der Waals surface area contributed by atoms with Crippen LogP contribution in [0.5, 0.6) is 17.2 Å². The first-order chi connectivity index (χ1) is 15.3. The highest BCUT2D eigenvalue weighted by atomic mass is 16.7. The van der Waals surface area contributed by atoms with E-state index in [2.05, 4.69) is 15.2 Å². The molecule has 0 bridgehead atoms. The van der Waals surface area contributed by atoms with Crippen LogP contribution >= 0.6 is 0 Å². The molecule has 7 nitrogen and oxygen atoms in total. The highest BCUT2D eigenvalue weighted by Crippen LogP contribution is 2.39. The van der Waals surface area contributed by atoms with Crippen LogP contribution in [0.4, 0.5) is 0 Å². The average molecular weight is 440 g/mol. The van der Waals surface area contributed by atoms with Crippen LogP contribution < -0.4 is 19.5 Å². The molecule has 172 valence electrons. The minimum Gasteiger partial charge on any atom is -0.496 e. The fourth-order valence-electron chi connectivity index (χ4n) is 4.32. The molecular formula is C25H33N3O4. The summed E-state index contributed by atoms with van der Waals surface area (Å²) in [5.74, 6) is 2.72. The fraction of sp³-hybridized carbons (Fsp3) is 0.520. The Morgan fingerprint density at radius 1 is 1.22 bits per heavy atom. The molecule has 0 radical (unpaired) electrons. The molecule has 1 aromatic heterocycles. The molecule has 4 rings (SSSR count). The van der Waals surface area contributed by atoms with Gasteiger partial charge in [-0.25, -0.2) is 0 Å². The van der Waals surface area contributed by atoms with E-state index in [0.29, 0.717) is 5.92 Å². The topological polar surface area (TPSA) is 72.9 Å². The Hall–Kier alpha value is -2.80. The number of amides is 1. The molecule has 1 N–H and O–H groups in total. The number of benzene rings is 1. The summed E-state index contributed by atoms with van der Waals surface area (Å²) < 4.78 is 16.6. The molecule has 1 amide bonds. The molecule has 1 fully saturated rings. The standard InChI is InChI=1S/C25H33N3O4/c1-25(2,3)24(29)27-23(19-7-5-6-10-26-19)17-8-11-28(12-9-17)15-18-13-21-22(32-16-31-21)14-20(18)30-4/h5-7,10,13-14,17,23H,8-9,11-12,15-16H2,1-4H3,(H,27,29)/t23-/m1/s1. The van der Waals surface area contributed by atoms with E-state index in [1.807, 2.05) is 51.1 Å². The van der Waals surface area contributed by atoms with Crippen molar-refractivity contribution in [2.24, 2.45) is 11.3 Å². The Morgan fingerprint density at radius 2 is 1.94 bits per heavy atom. The smallest absolute Gasteiger partial charge is 0.231 e. The van der Waals surface area contributed by atoms with Crippen molar-refractivity contribution in [3.8, 4) is 17.2 Å². The van der Waals surface area contributed by atoms with Crippen LogP contribution in [-0.2, 0) is 11.3 Å². The summed E-state index contributed by atoms with van der Waals surface area (Å²) in [4.78, 5) is 19.8. The van der Waals surface area contributed by atoms with E-state index in [9.17, 15) is 4.79 Å². The highest BCUT2D eigenvalue weighted by molar-refractivity contribution is 5.81. The van der Waals surface area contributed by atoms with Crippen LogP contribution in [0.15, 0.2) is 36.5 Å². The van der Waals surface area contributed by atoms with Gasteiger partial charge in [0.25, 0.3) is 0 Å². The minimum atomic E-state index is -0.441. The molecule has 0 unspecified atom stereocenters. The van der Waals surface area contributed by atoms with Crippen molar-refractivity contribution in [3.63, 3.8) is 0 Å². The first-order valence-electron chi connectivity index (χ1n) is 11.3. The predicted octanol–water partition coefficient (Wildman–Crippen LogP) is 3.93. The largest absolute Gasteiger partial charge is 0.496 e. The van der Waals surface area contributed by atoms with Crippen LogP contribution in [0, 0.1) is 11.3 Å². The lowest BCUT2D eigenvalue weighted by molar-refractivity contribution is -0.129. The first-order valence-corrected chi connectivity index (χ1v) is 11.3. The van der Waals surface area contributed by atoms with Gasteiger partial charge in [-0.3, -0.25) is 14.7 Å². The molecule has 2 aliphatic rings. The van der Waals surface area contributed by atoms with E-state index >= 15 is 0 Å². The SMILES string of the molecule is COc1cc2c(cc1CN1CCC([C@@H](NC(=O)C(C)(C)C)c3ccccn3)CC1)OCO2. The van der Waals surface area contributed by atoms with Gasteiger partial charge in [-0.1, -0.05) is 26.8 Å². The third kappa shape index (κ3) is 4.99. The molecule has 3 heterocycles. The average Bonchev–Trinajstić information content (AvgIpc) is 3.24. The zero-order valence-electron chi connectivity index (χ0n) is 19.4. The van der Waals surface area contributed by atoms with Gasteiger partial charge in [0.1, 0.15) is 5.75 Å². The van der Waals surface area contributed by atoms with Crippen LogP contribution in [0.25, 0.3) is 0 Å². The predicted molar refractivity (Wildman–Crippen MR) is 122 cm³/mol. The molecule has 1 saturated heterocycles. The van der Waals surface area contributed by atoms with Crippen LogP contribution in [-0.4, -0.2) is 42.8 Å².